The predicted molar refractivity (Wildman–Crippen MR) is 74.3 cm³/mol. The second-order valence-corrected chi connectivity index (χ2v) is 4.41. The van der Waals surface area contributed by atoms with Crippen molar-refractivity contribution in [2.75, 3.05) is 0 Å². The fourth-order valence-corrected chi connectivity index (χ4v) is 1.87. The van der Waals surface area contributed by atoms with Crippen LogP contribution < -0.4 is 4.74 Å². The van der Waals surface area contributed by atoms with Crippen molar-refractivity contribution in [1.82, 2.24) is 9.97 Å². The van der Waals surface area contributed by atoms with Gasteiger partial charge in [-0.25, -0.2) is 4.98 Å². The lowest BCUT2D eigenvalue weighted by Gasteiger charge is -2.07. The summed E-state index contributed by atoms with van der Waals surface area (Å²) in [5.41, 5.74) is 0.604. The highest BCUT2D eigenvalue weighted by atomic mass is 35.5. The van der Waals surface area contributed by atoms with Crippen LogP contribution in [0.5, 0.6) is 11.6 Å². The van der Waals surface area contributed by atoms with Crippen molar-refractivity contribution in [3.63, 3.8) is 0 Å². The second-order valence-electron chi connectivity index (χ2n) is 4.07. The maximum Gasteiger partial charge on any atom is 0.352 e. The van der Waals surface area contributed by atoms with Gasteiger partial charge in [0, 0.05) is 0 Å². The van der Waals surface area contributed by atoms with Crippen LogP contribution in [0.1, 0.15) is 11.3 Å². The van der Waals surface area contributed by atoms with E-state index in [4.69, 9.17) is 21.6 Å². The molecule has 0 radical (unpaired) electrons. The maximum atomic E-state index is 11.0. The summed E-state index contributed by atoms with van der Waals surface area (Å²) in [6.45, 7) is 1.45. The van der Waals surface area contributed by atoms with Gasteiger partial charge in [0.05, 0.1) is 17.4 Å². The molecule has 0 bridgehead atoms. The number of nitro groups is 1. The van der Waals surface area contributed by atoms with E-state index in [0.717, 1.165) is 5.56 Å². The largest absolute Gasteiger partial charge is 0.434 e. The van der Waals surface area contributed by atoms with Crippen molar-refractivity contribution in [3.8, 4) is 17.7 Å². The molecule has 0 saturated heterocycles. The molecule has 2 aromatic rings. The van der Waals surface area contributed by atoms with Gasteiger partial charge in [-0.2, -0.15) is 10.2 Å². The number of hydrogen-bond acceptors (Lipinski definition) is 6. The standard InChI is InChI=1S/C13H9ClN4O3/c1-8-11(18(19)20)12(17-13(14)16-8)21-10-4-2-9(3-5-10)6-7-15/h2-5H,6H2,1H3. The number of nitrogens with zero attached hydrogens (tertiary/aromatic N) is 4. The monoisotopic (exact) mass is 304 g/mol. The van der Waals surface area contributed by atoms with Gasteiger partial charge in [-0.3, -0.25) is 10.1 Å². The Hall–Kier alpha value is -2.72. The molecule has 0 N–H and O–H groups in total. The van der Waals surface area contributed by atoms with Gasteiger partial charge in [0.2, 0.25) is 5.28 Å². The van der Waals surface area contributed by atoms with Crippen LogP contribution in [-0.2, 0) is 6.42 Å². The molecule has 21 heavy (non-hydrogen) atoms. The zero-order valence-electron chi connectivity index (χ0n) is 10.9. The van der Waals surface area contributed by atoms with E-state index in [-0.39, 0.29) is 29.0 Å². The minimum Gasteiger partial charge on any atom is -0.434 e. The first kappa shape index (κ1) is 14.7. The van der Waals surface area contributed by atoms with E-state index >= 15 is 0 Å². The Morgan fingerprint density at radius 1 is 1.38 bits per heavy atom. The molecule has 1 heterocycles. The van der Waals surface area contributed by atoms with Crippen LogP contribution in [0.4, 0.5) is 5.69 Å². The summed E-state index contributed by atoms with van der Waals surface area (Å²) >= 11 is 5.70. The molecule has 1 aromatic carbocycles. The van der Waals surface area contributed by atoms with Crippen molar-refractivity contribution in [3.05, 3.63) is 50.9 Å². The van der Waals surface area contributed by atoms with Gasteiger partial charge in [0.1, 0.15) is 11.4 Å². The predicted octanol–water partition coefficient (Wildman–Crippen LogP) is 3.21. The number of aromatic nitrogens is 2. The summed E-state index contributed by atoms with van der Waals surface area (Å²) in [7, 11) is 0. The summed E-state index contributed by atoms with van der Waals surface area (Å²) in [5, 5.41) is 19.5. The van der Waals surface area contributed by atoms with Crippen molar-refractivity contribution >= 4 is 17.3 Å². The first-order chi connectivity index (χ1) is 10.0. The Kier molecular flexibility index (Phi) is 4.30. The highest BCUT2D eigenvalue weighted by Crippen LogP contribution is 2.32. The lowest BCUT2D eigenvalue weighted by atomic mass is 10.2. The van der Waals surface area contributed by atoms with Gasteiger partial charge in [-0.1, -0.05) is 12.1 Å². The van der Waals surface area contributed by atoms with E-state index in [0.29, 0.717) is 5.75 Å². The number of nitriles is 1. The summed E-state index contributed by atoms with van der Waals surface area (Å²) < 4.78 is 5.41. The van der Waals surface area contributed by atoms with Crippen LogP contribution in [0.2, 0.25) is 5.28 Å². The van der Waals surface area contributed by atoms with Gasteiger partial charge >= 0.3 is 11.6 Å². The molecule has 0 spiro atoms. The molecular weight excluding hydrogens is 296 g/mol. The van der Waals surface area contributed by atoms with E-state index in [1.54, 1.807) is 24.3 Å². The van der Waals surface area contributed by atoms with E-state index in [2.05, 4.69) is 9.97 Å². The summed E-state index contributed by atoms with van der Waals surface area (Å²) in [5.74, 6) is 0.138. The topological polar surface area (TPSA) is 102 Å². The Labute approximate surface area is 124 Å². The Bertz CT molecular complexity index is 725. The Morgan fingerprint density at radius 2 is 2.05 bits per heavy atom. The average molecular weight is 305 g/mol. The van der Waals surface area contributed by atoms with E-state index in [1.165, 1.54) is 6.92 Å². The molecule has 7 nitrogen and oxygen atoms in total. The van der Waals surface area contributed by atoms with E-state index < -0.39 is 4.92 Å². The molecule has 0 amide bonds. The zero-order valence-corrected chi connectivity index (χ0v) is 11.7. The van der Waals surface area contributed by atoms with Gasteiger partial charge in [-0.15, -0.1) is 0 Å². The first-order valence-corrected chi connectivity index (χ1v) is 6.21. The molecule has 0 saturated carbocycles. The van der Waals surface area contributed by atoms with Crippen LogP contribution in [0.3, 0.4) is 0 Å². The quantitative estimate of drug-likeness (QED) is 0.488. The van der Waals surface area contributed by atoms with Crippen LogP contribution in [-0.4, -0.2) is 14.9 Å². The summed E-state index contributed by atoms with van der Waals surface area (Å²) in [6.07, 6.45) is 0.277. The second kappa shape index (κ2) is 6.15. The number of ether oxygens (including phenoxy) is 1. The highest BCUT2D eigenvalue weighted by molar-refractivity contribution is 6.28. The average Bonchev–Trinajstić information content (AvgIpc) is 2.40. The molecular formula is C13H9ClN4O3. The van der Waals surface area contributed by atoms with Gasteiger partial charge in [0.15, 0.2) is 0 Å². The first-order valence-electron chi connectivity index (χ1n) is 5.83. The molecule has 0 unspecified atom stereocenters. The SMILES string of the molecule is Cc1nc(Cl)nc(Oc2ccc(CC#N)cc2)c1[N+](=O)[O-]. The molecule has 1 aromatic heterocycles. The number of hydrogen-bond donors (Lipinski definition) is 0. The third kappa shape index (κ3) is 3.43. The molecule has 8 heteroatoms. The minimum atomic E-state index is -0.620. The highest BCUT2D eigenvalue weighted by Gasteiger charge is 2.23. The number of rotatable bonds is 4. The molecule has 106 valence electrons. The van der Waals surface area contributed by atoms with Crippen molar-refractivity contribution in [2.45, 2.75) is 13.3 Å². The van der Waals surface area contributed by atoms with Crippen LogP contribution in [0.15, 0.2) is 24.3 Å². The molecule has 0 fully saturated rings. The molecule has 2 rings (SSSR count). The van der Waals surface area contributed by atoms with Gasteiger partial charge < -0.3 is 4.74 Å². The minimum absolute atomic E-state index is 0.121. The Balaban J connectivity index is 2.35. The third-order valence-electron chi connectivity index (χ3n) is 2.60. The van der Waals surface area contributed by atoms with Crippen LogP contribution in [0, 0.1) is 28.4 Å². The van der Waals surface area contributed by atoms with Crippen LogP contribution in [0.25, 0.3) is 0 Å². The van der Waals surface area contributed by atoms with Gasteiger partial charge in [-0.05, 0) is 36.2 Å². The van der Waals surface area contributed by atoms with Crippen molar-refractivity contribution < 1.29 is 9.66 Å². The lowest BCUT2D eigenvalue weighted by molar-refractivity contribution is -0.386. The van der Waals surface area contributed by atoms with Gasteiger partial charge in [0.25, 0.3) is 0 Å². The zero-order chi connectivity index (χ0) is 15.4. The van der Waals surface area contributed by atoms with E-state index in [9.17, 15) is 10.1 Å². The number of benzene rings is 1. The van der Waals surface area contributed by atoms with Crippen LogP contribution >= 0.6 is 11.6 Å². The lowest BCUT2D eigenvalue weighted by Crippen LogP contribution is -2.01. The normalized spacial score (nSPS) is 9.95. The third-order valence-corrected chi connectivity index (χ3v) is 2.77. The smallest absolute Gasteiger partial charge is 0.352 e. The number of halogens is 1. The summed E-state index contributed by atoms with van der Waals surface area (Å²) in [6, 6.07) is 8.61. The molecule has 0 aliphatic heterocycles. The van der Waals surface area contributed by atoms with Crippen molar-refractivity contribution in [1.29, 1.82) is 5.26 Å². The fraction of sp³-hybridized carbons (Fsp3) is 0.154. The summed E-state index contributed by atoms with van der Waals surface area (Å²) in [4.78, 5) is 17.9. The van der Waals surface area contributed by atoms with E-state index in [1.807, 2.05) is 6.07 Å². The van der Waals surface area contributed by atoms with Crippen molar-refractivity contribution in [2.24, 2.45) is 0 Å². The Morgan fingerprint density at radius 3 is 2.62 bits per heavy atom. The number of aryl methyl sites for hydroxylation is 1. The fourth-order valence-electron chi connectivity index (χ4n) is 1.67. The maximum absolute atomic E-state index is 11.0. The molecule has 0 atom stereocenters. The molecule has 0 aliphatic carbocycles. The molecule has 0 aliphatic rings.